The molecule has 2 heterocycles. The fourth-order valence-corrected chi connectivity index (χ4v) is 2.91. The summed E-state index contributed by atoms with van der Waals surface area (Å²) in [5.41, 5.74) is 3.56. The number of hydrogen-bond acceptors (Lipinski definition) is 5. The van der Waals surface area contributed by atoms with E-state index in [1.165, 1.54) is 6.33 Å². The van der Waals surface area contributed by atoms with Crippen molar-refractivity contribution in [3.05, 3.63) is 65.6 Å². The van der Waals surface area contributed by atoms with E-state index in [2.05, 4.69) is 20.4 Å². The molecule has 130 valence electrons. The highest BCUT2D eigenvalue weighted by Gasteiger charge is 2.13. The van der Waals surface area contributed by atoms with E-state index in [9.17, 15) is 0 Å². The lowest BCUT2D eigenvalue weighted by Crippen LogP contribution is -2.01. The van der Waals surface area contributed by atoms with Gasteiger partial charge in [0.05, 0.1) is 24.4 Å². The van der Waals surface area contributed by atoms with Crippen molar-refractivity contribution in [2.24, 2.45) is 0 Å². The lowest BCUT2D eigenvalue weighted by molar-refractivity contribution is 0.415. The van der Waals surface area contributed by atoms with Crippen LogP contribution < -0.4 is 10.1 Å². The number of nitrogens with one attached hydrogen (secondary N) is 1. The molecule has 0 aliphatic rings. The van der Waals surface area contributed by atoms with E-state index in [-0.39, 0.29) is 0 Å². The second-order valence-corrected chi connectivity index (χ2v) is 6.24. The van der Waals surface area contributed by atoms with Crippen LogP contribution in [0.5, 0.6) is 5.75 Å². The molecule has 0 unspecified atom stereocenters. The molecule has 0 saturated heterocycles. The summed E-state index contributed by atoms with van der Waals surface area (Å²) in [7, 11) is 1.64. The summed E-state index contributed by atoms with van der Waals surface area (Å²) in [6.07, 6.45) is 3.27. The number of methoxy groups -OCH3 is 1. The topological polar surface area (TPSA) is 64.9 Å². The van der Waals surface area contributed by atoms with Gasteiger partial charge in [-0.25, -0.2) is 14.6 Å². The van der Waals surface area contributed by atoms with Crippen LogP contribution >= 0.6 is 11.6 Å². The van der Waals surface area contributed by atoms with Gasteiger partial charge in [-0.3, -0.25) is 0 Å². The van der Waals surface area contributed by atoms with Gasteiger partial charge in [0.15, 0.2) is 5.65 Å². The Kier molecular flexibility index (Phi) is 4.18. The number of nitrogens with zero attached hydrogens (tertiary/aromatic N) is 4. The molecular formula is C19H16ClN5O. The van der Waals surface area contributed by atoms with Crippen molar-refractivity contribution >= 4 is 34.1 Å². The minimum atomic E-state index is 0.653. The molecular weight excluding hydrogens is 350 g/mol. The minimum Gasteiger partial charge on any atom is -0.497 e. The molecule has 0 bridgehead atoms. The number of rotatable bonds is 4. The number of anilines is 2. The average molecular weight is 366 g/mol. The van der Waals surface area contributed by atoms with Gasteiger partial charge < -0.3 is 10.1 Å². The van der Waals surface area contributed by atoms with Crippen LogP contribution in [0.25, 0.3) is 16.7 Å². The number of fused-ring (bicyclic) bond motifs is 1. The second kappa shape index (κ2) is 6.65. The number of ether oxygens (including phenoxy) is 1. The number of halogens is 1. The fraction of sp³-hybridized carbons (Fsp3) is 0.105. The zero-order valence-electron chi connectivity index (χ0n) is 14.3. The lowest BCUT2D eigenvalue weighted by Gasteiger charge is -2.09. The quantitative estimate of drug-likeness (QED) is 0.575. The first kappa shape index (κ1) is 16.4. The van der Waals surface area contributed by atoms with Crippen molar-refractivity contribution in [3.63, 3.8) is 0 Å². The largest absolute Gasteiger partial charge is 0.497 e. The van der Waals surface area contributed by atoms with Gasteiger partial charge in [-0.1, -0.05) is 17.7 Å². The maximum absolute atomic E-state index is 6.15. The number of aryl methyl sites for hydroxylation is 1. The summed E-state index contributed by atoms with van der Waals surface area (Å²) >= 11 is 6.15. The highest BCUT2D eigenvalue weighted by molar-refractivity contribution is 6.30. The highest BCUT2D eigenvalue weighted by Crippen LogP contribution is 2.27. The molecule has 0 fully saturated rings. The molecule has 0 aliphatic carbocycles. The Morgan fingerprint density at radius 1 is 1.08 bits per heavy atom. The monoisotopic (exact) mass is 365 g/mol. The van der Waals surface area contributed by atoms with E-state index in [0.717, 1.165) is 28.1 Å². The number of aromatic nitrogens is 4. The average Bonchev–Trinajstić information content (AvgIpc) is 3.09. The van der Waals surface area contributed by atoms with Gasteiger partial charge in [0.2, 0.25) is 0 Å². The summed E-state index contributed by atoms with van der Waals surface area (Å²) in [5, 5.41) is 9.27. The minimum absolute atomic E-state index is 0.653. The molecule has 0 aliphatic heterocycles. The third kappa shape index (κ3) is 2.95. The maximum atomic E-state index is 6.15. The van der Waals surface area contributed by atoms with E-state index in [0.29, 0.717) is 16.5 Å². The zero-order chi connectivity index (χ0) is 18.1. The van der Waals surface area contributed by atoms with Crippen molar-refractivity contribution in [2.75, 3.05) is 12.4 Å². The Morgan fingerprint density at radius 2 is 1.88 bits per heavy atom. The molecule has 7 heteroatoms. The van der Waals surface area contributed by atoms with Crippen LogP contribution in [0.2, 0.25) is 5.02 Å². The molecule has 4 rings (SSSR count). The Balaban J connectivity index is 1.76. The molecule has 6 nitrogen and oxygen atoms in total. The first-order valence-corrected chi connectivity index (χ1v) is 8.40. The predicted octanol–water partition coefficient (Wildman–Crippen LogP) is 4.53. The second-order valence-electron chi connectivity index (χ2n) is 5.80. The van der Waals surface area contributed by atoms with E-state index in [1.807, 2.05) is 49.4 Å². The van der Waals surface area contributed by atoms with E-state index >= 15 is 0 Å². The van der Waals surface area contributed by atoms with Crippen LogP contribution in [0.4, 0.5) is 11.5 Å². The highest BCUT2D eigenvalue weighted by atomic mass is 35.5. The predicted molar refractivity (Wildman–Crippen MR) is 103 cm³/mol. The number of hydrogen-bond donors (Lipinski definition) is 1. The molecule has 0 radical (unpaired) electrons. The Hall–Kier alpha value is -3.12. The van der Waals surface area contributed by atoms with Crippen molar-refractivity contribution in [3.8, 4) is 11.4 Å². The molecule has 2 aromatic heterocycles. The summed E-state index contributed by atoms with van der Waals surface area (Å²) < 4.78 is 6.96. The van der Waals surface area contributed by atoms with Crippen LogP contribution in [0.1, 0.15) is 5.56 Å². The smallest absolute Gasteiger partial charge is 0.168 e. The SMILES string of the molecule is COc1ccc(Nc2ncnc3c2cnn3-c2cc(Cl)ccc2C)cc1. The van der Waals surface area contributed by atoms with Gasteiger partial charge in [-0.2, -0.15) is 5.10 Å². The molecule has 2 aromatic carbocycles. The third-order valence-electron chi connectivity index (χ3n) is 4.12. The molecule has 0 atom stereocenters. The van der Waals surface area contributed by atoms with Gasteiger partial charge in [0.1, 0.15) is 17.9 Å². The summed E-state index contributed by atoms with van der Waals surface area (Å²) in [6.45, 7) is 2.01. The summed E-state index contributed by atoms with van der Waals surface area (Å²) in [6, 6.07) is 13.3. The van der Waals surface area contributed by atoms with Gasteiger partial charge in [0.25, 0.3) is 0 Å². The molecule has 1 N–H and O–H groups in total. The van der Waals surface area contributed by atoms with Gasteiger partial charge in [-0.15, -0.1) is 0 Å². The number of benzene rings is 2. The summed E-state index contributed by atoms with van der Waals surface area (Å²) in [5.74, 6) is 1.48. The van der Waals surface area contributed by atoms with Gasteiger partial charge in [-0.05, 0) is 48.9 Å². The van der Waals surface area contributed by atoms with Crippen LogP contribution in [-0.2, 0) is 0 Å². The van der Waals surface area contributed by atoms with Crippen molar-refractivity contribution in [1.29, 1.82) is 0 Å². The van der Waals surface area contributed by atoms with Crippen molar-refractivity contribution < 1.29 is 4.74 Å². The van der Waals surface area contributed by atoms with Gasteiger partial charge >= 0.3 is 0 Å². The third-order valence-corrected chi connectivity index (χ3v) is 4.35. The normalized spacial score (nSPS) is 10.9. The summed E-state index contributed by atoms with van der Waals surface area (Å²) in [4.78, 5) is 8.76. The first-order chi connectivity index (χ1) is 12.7. The van der Waals surface area contributed by atoms with E-state index < -0.39 is 0 Å². The molecule has 26 heavy (non-hydrogen) atoms. The molecule has 4 aromatic rings. The van der Waals surface area contributed by atoms with E-state index in [1.54, 1.807) is 18.0 Å². The van der Waals surface area contributed by atoms with Crippen molar-refractivity contribution in [1.82, 2.24) is 19.7 Å². The Morgan fingerprint density at radius 3 is 2.65 bits per heavy atom. The molecule has 0 spiro atoms. The van der Waals surface area contributed by atoms with Crippen LogP contribution in [0.3, 0.4) is 0 Å². The van der Waals surface area contributed by atoms with Gasteiger partial charge in [0, 0.05) is 10.7 Å². The first-order valence-electron chi connectivity index (χ1n) is 8.02. The van der Waals surface area contributed by atoms with Crippen molar-refractivity contribution in [2.45, 2.75) is 6.92 Å². The zero-order valence-corrected chi connectivity index (χ0v) is 15.0. The Bertz CT molecular complexity index is 1080. The standard InChI is InChI=1S/C19H16ClN5O/c1-12-3-4-13(20)9-17(12)25-19-16(10-23-25)18(21-11-22-19)24-14-5-7-15(26-2)8-6-14/h3-11H,1-2H3,(H,21,22,24). The lowest BCUT2D eigenvalue weighted by atomic mass is 10.2. The Labute approximate surface area is 155 Å². The molecule has 0 saturated carbocycles. The van der Waals surface area contributed by atoms with Crippen LogP contribution in [0.15, 0.2) is 55.0 Å². The molecule has 0 amide bonds. The fourth-order valence-electron chi connectivity index (χ4n) is 2.74. The maximum Gasteiger partial charge on any atom is 0.168 e. The van der Waals surface area contributed by atoms with Crippen LogP contribution in [-0.4, -0.2) is 26.9 Å². The van der Waals surface area contributed by atoms with E-state index in [4.69, 9.17) is 16.3 Å². The van der Waals surface area contributed by atoms with Crippen LogP contribution in [0, 0.1) is 6.92 Å².